The van der Waals surface area contributed by atoms with Crippen LogP contribution in [0.15, 0.2) is 48.5 Å². The number of hydrogen-bond acceptors (Lipinski definition) is 2. The Morgan fingerprint density at radius 1 is 1.16 bits per heavy atom. The molecule has 2 aromatic rings. The average molecular weight is 343 g/mol. The number of methoxy groups -OCH3 is 1. The maximum absolute atomic E-state index is 13.8. The Hall–Kier alpha value is -2.36. The van der Waals surface area contributed by atoms with Crippen LogP contribution >= 0.6 is 0 Å². The van der Waals surface area contributed by atoms with Crippen LogP contribution in [0.4, 0.5) is 4.39 Å². The molecule has 0 aliphatic carbocycles. The molecule has 0 aromatic heterocycles. The normalized spacial score (nSPS) is 12.5. The summed E-state index contributed by atoms with van der Waals surface area (Å²) in [7, 11) is 1.42. The molecular formula is C21H26FNO2. The molecule has 0 radical (unpaired) electrons. The fraction of sp³-hybridized carbons (Fsp3) is 0.381. The number of amides is 1. The fourth-order valence-corrected chi connectivity index (χ4v) is 2.80. The van der Waals surface area contributed by atoms with Crippen LogP contribution in [-0.2, 0) is 11.2 Å². The van der Waals surface area contributed by atoms with Gasteiger partial charge in [-0.3, -0.25) is 4.79 Å². The van der Waals surface area contributed by atoms with Gasteiger partial charge in [-0.25, -0.2) is 4.39 Å². The molecule has 2 aromatic carbocycles. The predicted octanol–water partition coefficient (Wildman–Crippen LogP) is 4.67. The molecular weight excluding hydrogens is 317 g/mol. The van der Waals surface area contributed by atoms with Gasteiger partial charge >= 0.3 is 0 Å². The van der Waals surface area contributed by atoms with Crippen LogP contribution in [0.5, 0.6) is 5.75 Å². The van der Waals surface area contributed by atoms with Gasteiger partial charge in [0.05, 0.1) is 19.6 Å². The molecule has 0 heterocycles. The highest BCUT2D eigenvalue weighted by Crippen LogP contribution is 2.29. The van der Waals surface area contributed by atoms with Crippen molar-refractivity contribution in [1.29, 1.82) is 0 Å². The van der Waals surface area contributed by atoms with Crippen molar-refractivity contribution in [1.82, 2.24) is 5.32 Å². The molecule has 0 bridgehead atoms. The second-order valence-electron chi connectivity index (χ2n) is 7.44. The van der Waals surface area contributed by atoms with Gasteiger partial charge in [-0.05, 0) is 35.1 Å². The Labute approximate surface area is 149 Å². The van der Waals surface area contributed by atoms with Gasteiger partial charge in [-0.15, -0.1) is 0 Å². The molecule has 3 nitrogen and oxygen atoms in total. The predicted molar refractivity (Wildman–Crippen MR) is 98.1 cm³/mol. The third-order valence-corrected chi connectivity index (χ3v) is 3.93. The third-order valence-electron chi connectivity index (χ3n) is 3.93. The Kier molecular flexibility index (Phi) is 6.18. The standard InChI is InChI=1S/C21H26FNO2/c1-21(2,3)14-18(16-8-6-5-7-9-16)23-20(24)13-15-10-11-19(25-4)17(22)12-15/h5-12,18H,13-14H2,1-4H3,(H,23,24). The summed E-state index contributed by atoms with van der Waals surface area (Å²) in [6, 6.07) is 14.5. The second kappa shape index (κ2) is 8.15. The third kappa shape index (κ3) is 5.89. The Bertz CT molecular complexity index is 708. The maximum Gasteiger partial charge on any atom is 0.224 e. The molecule has 0 aliphatic rings. The van der Waals surface area contributed by atoms with E-state index in [1.54, 1.807) is 12.1 Å². The van der Waals surface area contributed by atoms with Crippen molar-refractivity contribution in [3.05, 3.63) is 65.5 Å². The van der Waals surface area contributed by atoms with Crippen molar-refractivity contribution < 1.29 is 13.9 Å². The Morgan fingerprint density at radius 3 is 2.40 bits per heavy atom. The molecule has 0 saturated carbocycles. The lowest BCUT2D eigenvalue weighted by Gasteiger charge is -2.27. The summed E-state index contributed by atoms with van der Waals surface area (Å²) in [4.78, 5) is 12.5. The molecule has 0 fully saturated rings. The first-order chi connectivity index (χ1) is 11.8. The summed E-state index contributed by atoms with van der Waals surface area (Å²) in [5, 5.41) is 3.09. The van der Waals surface area contributed by atoms with Gasteiger partial charge in [0.25, 0.3) is 0 Å². The fourth-order valence-electron chi connectivity index (χ4n) is 2.80. The summed E-state index contributed by atoms with van der Waals surface area (Å²) >= 11 is 0. The minimum Gasteiger partial charge on any atom is -0.494 e. The van der Waals surface area contributed by atoms with Crippen LogP contribution in [0.2, 0.25) is 0 Å². The van der Waals surface area contributed by atoms with E-state index in [1.807, 2.05) is 30.3 Å². The molecule has 0 aliphatic heterocycles. The van der Waals surface area contributed by atoms with Crippen LogP contribution in [0.1, 0.15) is 44.4 Å². The van der Waals surface area contributed by atoms with E-state index in [4.69, 9.17) is 4.74 Å². The molecule has 1 unspecified atom stereocenters. The van der Waals surface area contributed by atoms with E-state index in [2.05, 4.69) is 26.1 Å². The van der Waals surface area contributed by atoms with E-state index in [0.29, 0.717) is 5.56 Å². The van der Waals surface area contributed by atoms with Crippen LogP contribution < -0.4 is 10.1 Å². The van der Waals surface area contributed by atoms with Crippen LogP contribution in [0, 0.1) is 11.2 Å². The highest BCUT2D eigenvalue weighted by Gasteiger charge is 2.22. The van der Waals surface area contributed by atoms with E-state index in [1.165, 1.54) is 13.2 Å². The molecule has 4 heteroatoms. The quantitative estimate of drug-likeness (QED) is 0.828. The summed E-state index contributed by atoms with van der Waals surface area (Å²) in [5.74, 6) is -0.399. The molecule has 134 valence electrons. The molecule has 25 heavy (non-hydrogen) atoms. The zero-order valence-corrected chi connectivity index (χ0v) is 15.3. The topological polar surface area (TPSA) is 38.3 Å². The van der Waals surface area contributed by atoms with Gasteiger partial charge in [0.15, 0.2) is 11.6 Å². The van der Waals surface area contributed by atoms with Crippen LogP contribution in [0.25, 0.3) is 0 Å². The van der Waals surface area contributed by atoms with Gasteiger partial charge in [0.1, 0.15) is 0 Å². The van der Waals surface area contributed by atoms with Crippen molar-refractivity contribution in [3.8, 4) is 5.75 Å². The number of benzene rings is 2. The Morgan fingerprint density at radius 2 is 1.84 bits per heavy atom. The van der Waals surface area contributed by atoms with Crippen molar-refractivity contribution in [2.45, 2.75) is 39.7 Å². The van der Waals surface area contributed by atoms with Crippen molar-refractivity contribution in [3.63, 3.8) is 0 Å². The zero-order chi connectivity index (χ0) is 18.4. The monoisotopic (exact) mass is 343 g/mol. The van der Waals surface area contributed by atoms with Gasteiger partial charge < -0.3 is 10.1 Å². The molecule has 1 amide bonds. The van der Waals surface area contributed by atoms with Gasteiger partial charge in [-0.2, -0.15) is 0 Å². The van der Waals surface area contributed by atoms with Crippen molar-refractivity contribution in [2.75, 3.05) is 7.11 Å². The lowest BCUT2D eigenvalue weighted by Crippen LogP contribution is -2.32. The van der Waals surface area contributed by atoms with Gasteiger partial charge in [0.2, 0.25) is 5.91 Å². The number of carbonyl (C=O) groups is 1. The Balaban J connectivity index is 2.10. The maximum atomic E-state index is 13.8. The molecule has 2 rings (SSSR count). The van der Waals surface area contributed by atoms with Gasteiger partial charge in [0, 0.05) is 0 Å². The van der Waals surface area contributed by atoms with Crippen molar-refractivity contribution in [2.24, 2.45) is 5.41 Å². The summed E-state index contributed by atoms with van der Waals surface area (Å²) < 4.78 is 18.7. The molecule has 0 spiro atoms. The SMILES string of the molecule is COc1ccc(CC(=O)NC(CC(C)(C)C)c2ccccc2)cc1F. The lowest BCUT2D eigenvalue weighted by molar-refractivity contribution is -0.121. The minimum absolute atomic E-state index is 0.0695. The first-order valence-corrected chi connectivity index (χ1v) is 8.45. The number of hydrogen-bond donors (Lipinski definition) is 1. The summed E-state index contributed by atoms with van der Waals surface area (Å²) in [6.07, 6.45) is 0.952. The van der Waals surface area contributed by atoms with E-state index >= 15 is 0 Å². The molecule has 1 N–H and O–H groups in total. The van der Waals surface area contributed by atoms with E-state index in [9.17, 15) is 9.18 Å². The second-order valence-corrected chi connectivity index (χ2v) is 7.44. The van der Waals surface area contributed by atoms with E-state index in [-0.39, 0.29) is 29.5 Å². The number of ether oxygens (including phenoxy) is 1. The average Bonchev–Trinajstić information content (AvgIpc) is 2.54. The highest BCUT2D eigenvalue weighted by atomic mass is 19.1. The largest absolute Gasteiger partial charge is 0.494 e. The first kappa shape index (κ1) is 19.0. The number of nitrogens with one attached hydrogen (secondary N) is 1. The molecule has 0 saturated heterocycles. The smallest absolute Gasteiger partial charge is 0.224 e. The van der Waals surface area contributed by atoms with Gasteiger partial charge in [-0.1, -0.05) is 57.2 Å². The van der Waals surface area contributed by atoms with E-state index in [0.717, 1.165) is 12.0 Å². The zero-order valence-electron chi connectivity index (χ0n) is 15.3. The van der Waals surface area contributed by atoms with Crippen LogP contribution in [-0.4, -0.2) is 13.0 Å². The lowest BCUT2D eigenvalue weighted by atomic mass is 9.85. The number of carbonyl (C=O) groups excluding carboxylic acids is 1. The van der Waals surface area contributed by atoms with Crippen LogP contribution in [0.3, 0.4) is 0 Å². The number of halogens is 1. The minimum atomic E-state index is -0.456. The summed E-state index contributed by atoms with van der Waals surface area (Å²) in [6.45, 7) is 6.44. The van der Waals surface area contributed by atoms with E-state index < -0.39 is 5.82 Å². The molecule has 1 atom stereocenters. The first-order valence-electron chi connectivity index (χ1n) is 8.45. The van der Waals surface area contributed by atoms with Crippen molar-refractivity contribution >= 4 is 5.91 Å². The highest BCUT2D eigenvalue weighted by molar-refractivity contribution is 5.79. The summed E-state index contributed by atoms with van der Waals surface area (Å²) in [5.41, 5.74) is 1.77. The number of rotatable bonds is 6.